The molecule has 0 spiro atoms. The number of fused-ring (bicyclic) bond motifs is 2. The van der Waals surface area contributed by atoms with E-state index in [4.69, 9.17) is 4.74 Å². The van der Waals surface area contributed by atoms with Gasteiger partial charge in [0, 0.05) is 43.8 Å². The number of ether oxygens (including phenoxy) is 1. The van der Waals surface area contributed by atoms with Gasteiger partial charge in [0.1, 0.15) is 6.54 Å². The maximum atomic E-state index is 13.0. The van der Waals surface area contributed by atoms with Crippen molar-refractivity contribution in [3.05, 3.63) is 57.5 Å². The second-order valence-electron chi connectivity index (χ2n) is 7.23. The van der Waals surface area contributed by atoms with E-state index in [0.717, 1.165) is 42.1 Å². The van der Waals surface area contributed by atoms with Crippen LogP contribution in [0.15, 0.2) is 57.5 Å². The molecule has 1 saturated heterocycles. The Labute approximate surface area is 184 Å². The van der Waals surface area contributed by atoms with Crippen LogP contribution in [0.3, 0.4) is 0 Å². The van der Waals surface area contributed by atoms with E-state index in [-0.39, 0.29) is 5.91 Å². The van der Waals surface area contributed by atoms with Crippen LogP contribution in [0.1, 0.15) is 0 Å². The van der Waals surface area contributed by atoms with Crippen LogP contribution in [-0.2, 0) is 16.1 Å². The van der Waals surface area contributed by atoms with Gasteiger partial charge in [-0.25, -0.2) is 0 Å². The van der Waals surface area contributed by atoms with Crippen molar-refractivity contribution >= 4 is 59.6 Å². The van der Waals surface area contributed by atoms with Gasteiger partial charge >= 0.3 is 0 Å². The van der Waals surface area contributed by atoms with Crippen LogP contribution in [0.4, 0.5) is 0 Å². The number of H-pyrrole nitrogens is 1. The average Bonchev–Trinajstić information content (AvgIpc) is 3.29. The molecule has 29 heavy (non-hydrogen) atoms. The van der Waals surface area contributed by atoms with Gasteiger partial charge in [-0.3, -0.25) is 4.79 Å². The minimum atomic E-state index is 0.119. The van der Waals surface area contributed by atoms with E-state index >= 15 is 0 Å². The zero-order valence-corrected chi connectivity index (χ0v) is 18.8. The van der Waals surface area contributed by atoms with Gasteiger partial charge in [-0.2, -0.15) is 0 Å². The number of carbonyl (C=O) groups is 1. The highest BCUT2D eigenvalue weighted by molar-refractivity contribution is 9.10. The largest absolute Gasteiger partial charge is 0.378 e. The van der Waals surface area contributed by atoms with E-state index in [1.54, 1.807) is 0 Å². The first-order valence-corrected chi connectivity index (χ1v) is 11.1. The number of rotatable bonds is 3. The number of nitrogens with one attached hydrogen (secondary N) is 1. The number of halogens is 2. The number of hydrogen-bond donors (Lipinski definition) is 1. The Bertz CT molecular complexity index is 1220. The minimum absolute atomic E-state index is 0.119. The lowest BCUT2D eigenvalue weighted by Crippen LogP contribution is -2.42. The maximum Gasteiger partial charge on any atom is 0.242 e. The van der Waals surface area contributed by atoms with Crippen LogP contribution < -0.4 is 0 Å². The van der Waals surface area contributed by atoms with Gasteiger partial charge in [0.05, 0.1) is 24.6 Å². The smallest absolute Gasteiger partial charge is 0.242 e. The summed E-state index contributed by atoms with van der Waals surface area (Å²) in [6, 6.07) is 16.7. The molecule has 3 heterocycles. The van der Waals surface area contributed by atoms with Crippen molar-refractivity contribution in [3.8, 4) is 11.4 Å². The summed E-state index contributed by atoms with van der Waals surface area (Å²) < 4.78 is 9.56. The molecule has 0 bridgehead atoms. The third-order valence-electron chi connectivity index (χ3n) is 5.38. The molecule has 0 saturated carbocycles. The predicted molar refractivity (Wildman–Crippen MR) is 122 cm³/mol. The number of morpholine rings is 1. The van der Waals surface area contributed by atoms with Crippen molar-refractivity contribution in [1.29, 1.82) is 0 Å². The van der Waals surface area contributed by atoms with Gasteiger partial charge in [0.15, 0.2) is 0 Å². The van der Waals surface area contributed by atoms with Crippen molar-refractivity contribution in [2.75, 3.05) is 26.3 Å². The van der Waals surface area contributed by atoms with E-state index in [9.17, 15) is 4.79 Å². The fourth-order valence-electron chi connectivity index (χ4n) is 3.92. The van der Waals surface area contributed by atoms with E-state index < -0.39 is 0 Å². The standard InChI is InChI=1S/C22H19Br2N3O2/c23-16-3-4-20-15(9-16)11-21(19-10-14-1-2-17(24)12-18(14)25-19)27(20)13-22(28)26-5-7-29-8-6-26/h1-4,9-12,25H,5-8,13H2. The van der Waals surface area contributed by atoms with E-state index in [1.165, 1.54) is 0 Å². The summed E-state index contributed by atoms with van der Waals surface area (Å²) >= 11 is 7.10. The molecule has 0 unspecified atom stereocenters. The van der Waals surface area contributed by atoms with E-state index in [1.807, 2.05) is 17.0 Å². The molecule has 1 N–H and O–H groups in total. The Balaban J connectivity index is 1.61. The molecule has 5 nitrogen and oxygen atoms in total. The van der Waals surface area contributed by atoms with Gasteiger partial charge in [-0.1, -0.05) is 37.9 Å². The lowest BCUT2D eigenvalue weighted by Gasteiger charge is -2.27. The Morgan fingerprint density at radius 3 is 2.55 bits per heavy atom. The molecular weight excluding hydrogens is 498 g/mol. The molecule has 148 valence electrons. The Morgan fingerprint density at radius 2 is 1.72 bits per heavy atom. The van der Waals surface area contributed by atoms with Crippen LogP contribution in [0.5, 0.6) is 0 Å². The molecule has 0 aliphatic carbocycles. The fraction of sp³-hybridized carbons (Fsp3) is 0.227. The topological polar surface area (TPSA) is 50.3 Å². The SMILES string of the molecule is O=C(Cn1c(-c2cc3ccc(Br)cc3[nH]2)cc2cc(Br)ccc21)N1CCOCC1. The van der Waals surface area contributed by atoms with Crippen LogP contribution in [0, 0.1) is 0 Å². The number of aromatic amines is 1. The first-order valence-electron chi connectivity index (χ1n) is 9.51. The Kier molecular flexibility index (Phi) is 4.97. The molecule has 1 fully saturated rings. The summed E-state index contributed by atoms with van der Waals surface area (Å²) in [5.74, 6) is 0.119. The van der Waals surface area contributed by atoms with Crippen LogP contribution >= 0.6 is 31.9 Å². The van der Waals surface area contributed by atoms with Gasteiger partial charge in [-0.15, -0.1) is 0 Å². The monoisotopic (exact) mass is 515 g/mol. The normalized spacial score (nSPS) is 14.8. The number of nitrogens with zero attached hydrogens (tertiary/aromatic N) is 2. The van der Waals surface area contributed by atoms with Crippen LogP contribution in [0.2, 0.25) is 0 Å². The number of hydrogen-bond acceptors (Lipinski definition) is 2. The minimum Gasteiger partial charge on any atom is -0.378 e. The highest BCUT2D eigenvalue weighted by Gasteiger charge is 2.21. The van der Waals surface area contributed by atoms with Crippen molar-refractivity contribution < 1.29 is 9.53 Å². The summed E-state index contributed by atoms with van der Waals surface area (Å²) in [5, 5.41) is 2.24. The molecule has 2 aromatic carbocycles. The summed E-state index contributed by atoms with van der Waals surface area (Å²) in [5.41, 5.74) is 4.11. The number of aromatic nitrogens is 2. The highest BCUT2D eigenvalue weighted by atomic mass is 79.9. The lowest BCUT2D eigenvalue weighted by atomic mass is 10.2. The van der Waals surface area contributed by atoms with Crippen LogP contribution in [0.25, 0.3) is 33.2 Å². The van der Waals surface area contributed by atoms with Crippen molar-refractivity contribution in [2.45, 2.75) is 6.54 Å². The molecule has 5 rings (SSSR count). The number of benzene rings is 2. The number of carbonyl (C=O) groups excluding carboxylic acids is 1. The summed E-state index contributed by atoms with van der Waals surface area (Å²) in [6.45, 7) is 2.82. The molecule has 0 atom stereocenters. The first kappa shape index (κ1) is 18.9. The lowest BCUT2D eigenvalue weighted by molar-refractivity contribution is -0.135. The molecular formula is C22H19Br2N3O2. The van der Waals surface area contributed by atoms with Crippen molar-refractivity contribution in [1.82, 2.24) is 14.5 Å². The molecule has 0 radical (unpaired) electrons. The maximum absolute atomic E-state index is 13.0. The van der Waals surface area contributed by atoms with Crippen molar-refractivity contribution in [3.63, 3.8) is 0 Å². The second kappa shape index (κ2) is 7.63. The zero-order chi connectivity index (χ0) is 20.0. The third kappa shape index (κ3) is 3.63. The molecule has 1 aliphatic rings. The van der Waals surface area contributed by atoms with Gasteiger partial charge in [0.2, 0.25) is 5.91 Å². The Hall–Kier alpha value is -2.09. The van der Waals surface area contributed by atoms with Gasteiger partial charge in [-0.05, 0) is 42.5 Å². The molecule has 1 amide bonds. The first-order chi connectivity index (χ1) is 14.1. The molecule has 7 heteroatoms. The van der Waals surface area contributed by atoms with E-state index in [0.29, 0.717) is 32.8 Å². The fourth-order valence-corrected chi connectivity index (χ4v) is 4.66. The summed E-state index contributed by atoms with van der Waals surface area (Å²) in [6.07, 6.45) is 0. The highest BCUT2D eigenvalue weighted by Crippen LogP contribution is 2.32. The third-order valence-corrected chi connectivity index (χ3v) is 6.37. The van der Waals surface area contributed by atoms with E-state index in [2.05, 4.69) is 77.8 Å². The Morgan fingerprint density at radius 1 is 0.966 bits per heavy atom. The summed E-state index contributed by atoms with van der Waals surface area (Å²) in [7, 11) is 0. The quantitative estimate of drug-likeness (QED) is 0.408. The molecule has 4 aromatic rings. The average molecular weight is 517 g/mol. The second-order valence-corrected chi connectivity index (χ2v) is 9.06. The van der Waals surface area contributed by atoms with Gasteiger partial charge < -0.3 is 19.2 Å². The summed E-state index contributed by atoms with van der Waals surface area (Å²) in [4.78, 5) is 18.4. The number of amides is 1. The van der Waals surface area contributed by atoms with Crippen LogP contribution in [-0.4, -0.2) is 46.7 Å². The molecule has 2 aromatic heterocycles. The molecule has 1 aliphatic heterocycles. The zero-order valence-electron chi connectivity index (χ0n) is 15.6. The van der Waals surface area contributed by atoms with Gasteiger partial charge in [0.25, 0.3) is 0 Å². The predicted octanol–water partition coefficient (Wildman–Crippen LogP) is 5.17. The van der Waals surface area contributed by atoms with Crippen molar-refractivity contribution in [2.24, 2.45) is 0 Å².